The van der Waals surface area contributed by atoms with Crippen molar-refractivity contribution in [3.8, 4) is 0 Å². The van der Waals surface area contributed by atoms with Crippen molar-refractivity contribution in [1.29, 1.82) is 0 Å². The number of fused-ring (bicyclic) bond motifs is 1. The van der Waals surface area contributed by atoms with Gasteiger partial charge in [0.05, 0.1) is 5.69 Å². The van der Waals surface area contributed by atoms with E-state index in [1.807, 2.05) is 0 Å². The van der Waals surface area contributed by atoms with Crippen LogP contribution in [0.2, 0.25) is 0 Å². The predicted octanol–water partition coefficient (Wildman–Crippen LogP) is 1.71. The van der Waals surface area contributed by atoms with Crippen LogP contribution in [0.25, 0.3) is 10.9 Å². The second-order valence-corrected chi connectivity index (χ2v) is 4.27. The maximum atomic E-state index is 13.5. The van der Waals surface area contributed by atoms with Crippen molar-refractivity contribution in [3.05, 3.63) is 29.7 Å². The van der Waals surface area contributed by atoms with Gasteiger partial charge in [0.25, 0.3) is 5.91 Å². The third-order valence-corrected chi connectivity index (χ3v) is 2.86. The van der Waals surface area contributed by atoms with Crippen LogP contribution in [0, 0.1) is 5.82 Å². The molecule has 2 rings (SSSR count). The van der Waals surface area contributed by atoms with Gasteiger partial charge in [-0.1, -0.05) is 12.1 Å². The number of nitrogens with two attached hydrogens (primary N) is 1. The van der Waals surface area contributed by atoms with Gasteiger partial charge in [-0.2, -0.15) is 0 Å². The second-order valence-electron chi connectivity index (χ2n) is 3.90. The van der Waals surface area contributed by atoms with Crippen molar-refractivity contribution in [2.45, 2.75) is 6.42 Å². The van der Waals surface area contributed by atoms with E-state index in [9.17, 15) is 9.18 Å². The minimum atomic E-state index is -0.522. The number of halogens is 2. The highest BCUT2D eigenvalue weighted by molar-refractivity contribution is 6.17. The summed E-state index contributed by atoms with van der Waals surface area (Å²) in [4.78, 5) is 11.8. The molecule has 1 aromatic heterocycles. The Balaban J connectivity index is 2.35. The summed E-state index contributed by atoms with van der Waals surface area (Å²) in [6.07, 6.45) is 0.642. The SMILES string of the molecule is Nc1c(C(=O)NCCCCl)nnc2c(F)cccc12. The molecule has 100 valence electrons. The predicted molar refractivity (Wildman–Crippen MR) is 71.6 cm³/mol. The van der Waals surface area contributed by atoms with Gasteiger partial charge in [0.15, 0.2) is 11.5 Å². The first-order valence-corrected chi connectivity index (χ1v) is 6.23. The fraction of sp³-hybridized carbons (Fsp3) is 0.250. The molecular weight excluding hydrogens is 271 g/mol. The zero-order valence-electron chi connectivity index (χ0n) is 9.99. The molecular formula is C12H12ClFN4O. The number of nitrogens with one attached hydrogen (secondary N) is 1. The number of alkyl halides is 1. The minimum absolute atomic E-state index is 0.00678. The van der Waals surface area contributed by atoms with Crippen molar-refractivity contribution >= 4 is 34.1 Å². The summed E-state index contributed by atoms with van der Waals surface area (Å²) in [6.45, 7) is 0.421. The monoisotopic (exact) mass is 282 g/mol. The first-order valence-electron chi connectivity index (χ1n) is 5.69. The van der Waals surface area contributed by atoms with E-state index in [0.717, 1.165) is 0 Å². The number of anilines is 1. The van der Waals surface area contributed by atoms with E-state index < -0.39 is 11.7 Å². The maximum absolute atomic E-state index is 13.5. The van der Waals surface area contributed by atoms with E-state index in [-0.39, 0.29) is 16.9 Å². The van der Waals surface area contributed by atoms with E-state index in [2.05, 4.69) is 15.5 Å². The van der Waals surface area contributed by atoms with Gasteiger partial charge in [-0.15, -0.1) is 21.8 Å². The van der Waals surface area contributed by atoms with Crippen LogP contribution in [0.4, 0.5) is 10.1 Å². The molecule has 0 aliphatic carbocycles. The Bertz CT molecular complexity index is 620. The molecule has 1 aromatic carbocycles. The molecule has 0 fully saturated rings. The molecule has 3 N–H and O–H groups in total. The van der Waals surface area contributed by atoms with Gasteiger partial charge in [-0.3, -0.25) is 4.79 Å². The highest BCUT2D eigenvalue weighted by Gasteiger charge is 2.16. The summed E-state index contributed by atoms with van der Waals surface area (Å²) < 4.78 is 13.5. The number of nitrogen functional groups attached to an aromatic ring is 1. The van der Waals surface area contributed by atoms with Crippen molar-refractivity contribution in [2.24, 2.45) is 0 Å². The van der Waals surface area contributed by atoms with Gasteiger partial charge in [-0.25, -0.2) is 4.39 Å². The quantitative estimate of drug-likeness (QED) is 0.661. The summed E-state index contributed by atoms with van der Waals surface area (Å²) in [5.74, 6) is -0.517. The molecule has 19 heavy (non-hydrogen) atoms. The van der Waals surface area contributed by atoms with Gasteiger partial charge < -0.3 is 11.1 Å². The molecule has 0 unspecified atom stereocenters. The van der Waals surface area contributed by atoms with Crippen LogP contribution in [-0.2, 0) is 0 Å². The van der Waals surface area contributed by atoms with Crippen LogP contribution >= 0.6 is 11.6 Å². The first-order chi connectivity index (χ1) is 9.15. The lowest BCUT2D eigenvalue weighted by Gasteiger charge is -2.07. The van der Waals surface area contributed by atoms with Gasteiger partial charge in [0.2, 0.25) is 0 Å². The molecule has 1 heterocycles. The van der Waals surface area contributed by atoms with Crippen LogP contribution in [-0.4, -0.2) is 28.5 Å². The highest BCUT2D eigenvalue weighted by atomic mass is 35.5. The molecule has 0 spiro atoms. The van der Waals surface area contributed by atoms with E-state index in [4.69, 9.17) is 17.3 Å². The molecule has 0 aliphatic heterocycles. The lowest BCUT2D eigenvalue weighted by Crippen LogP contribution is -2.27. The number of benzene rings is 1. The number of nitrogens with zero attached hydrogens (tertiary/aromatic N) is 2. The summed E-state index contributed by atoms with van der Waals surface area (Å²) in [5.41, 5.74) is 6.00. The fourth-order valence-corrected chi connectivity index (χ4v) is 1.77. The van der Waals surface area contributed by atoms with Gasteiger partial charge >= 0.3 is 0 Å². The van der Waals surface area contributed by atoms with Crippen molar-refractivity contribution in [1.82, 2.24) is 15.5 Å². The Morgan fingerprint density at radius 1 is 1.42 bits per heavy atom. The molecule has 0 saturated carbocycles. The molecule has 0 bridgehead atoms. The average molecular weight is 283 g/mol. The van der Waals surface area contributed by atoms with Crippen molar-refractivity contribution < 1.29 is 9.18 Å². The van der Waals surface area contributed by atoms with Gasteiger partial charge in [0, 0.05) is 17.8 Å². The number of hydrogen-bond acceptors (Lipinski definition) is 4. The normalized spacial score (nSPS) is 10.6. The molecule has 5 nitrogen and oxygen atoms in total. The van der Waals surface area contributed by atoms with E-state index >= 15 is 0 Å². The maximum Gasteiger partial charge on any atom is 0.273 e. The Labute approximate surface area is 114 Å². The van der Waals surface area contributed by atoms with E-state index in [1.165, 1.54) is 12.1 Å². The minimum Gasteiger partial charge on any atom is -0.396 e. The highest BCUT2D eigenvalue weighted by Crippen LogP contribution is 2.22. The summed E-state index contributed by atoms with van der Waals surface area (Å²) in [6, 6.07) is 4.36. The van der Waals surface area contributed by atoms with Gasteiger partial charge in [0.1, 0.15) is 5.52 Å². The Morgan fingerprint density at radius 2 is 2.21 bits per heavy atom. The van der Waals surface area contributed by atoms with Crippen LogP contribution in [0.15, 0.2) is 18.2 Å². The third-order valence-electron chi connectivity index (χ3n) is 2.59. The summed E-state index contributed by atoms with van der Waals surface area (Å²) in [7, 11) is 0. The molecule has 0 atom stereocenters. The molecule has 0 aliphatic rings. The summed E-state index contributed by atoms with van der Waals surface area (Å²) >= 11 is 5.51. The van der Waals surface area contributed by atoms with Crippen LogP contribution in [0.1, 0.15) is 16.9 Å². The number of amides is 1. The number of aromatic nitrogens is 2. The standard InChI is InChI=1S/C12H12ClFN4O/c13-5-2-6-16-12(19)11-9(15)7-3-1-4-8(14)10(7)17-18-11/h1,3-4H,2,5-6H2,(H2,15,17)(H,16,19). The molecule has 0 radical (unpaired) electrons. The average Bonchev–Trinajstić information content (AvgIpc) is 2.40. The number of rotatable bonds is 4. The Kier molecular flexibility index (Phi) is 4.11. The third kappa shape index (κ3) is 2.73. The number of hydrogen-bond donors (Lipinski definition) is 2. The van der Waals surface area contributed by atoms with Crippen molar-refractivity contribution in [3.63, 3.8) is 0 Å². The Hall–Kier alpha value is -1.95. The lowest BCUT2D eigenvalue weighted by atomic mass is 10.1. The Morgan fingerprint density at radius 3 is 2.95 bits per heavy atom. The topological polar surface area (TPSA) is 80.9 Å². The molecule has 2 aromatic rings. The summed E-state index contributed by atoms with van der Waals surface area (Å²) in [5, 5.41) is 10.4. The molecule has 1 amide bonds. The molecule has 0 saturated heterocycles. The van der Waals surface area contributed by atoms with E-state index in [1.54, 1.807) is 6.07 Å². The fourth-order valence-electron chi connectivity index (χ4n) is 1.64. The number of carbonyl (C=O) groups excluding carboxylic acids is 1. The van der Waals surface area contributed by atoms with Crippen molar-refractivity contribution in [2.75, 3.05) is 18.2 Å². The largest absolute Gasteiger partial charge is 0.396 e. The number of carbonyl (C=O) groups is 1. The zero-order valence-corrected chi connectivity index (χ0v) is 10.7. The lowest BCUT2D eigenvalue weighted by molar-refractivity contribution is 0.0949. The van der Waals surface area contributed by atoms with Crippen LogP contribution in [0.3, 0.4) is 0 Å². The first kappa shape index (κ1) is 13.5. The zero-order chi connectivity index (χ0) is 13.8. The molecule has 7 heteroatoms. The van der Waals surface area contributed by atoms with E-state index in [0.29, 0.717) is 24.2 Å². The smallest absolute Gasteiger partial charge is 0.273 e. The van der Waals surface area contributed by atoms with Crippen LogP contribution < -0.4 is 11.1 Å². The van der Waals surface area contributed by atoms with Crippen LogP contribution in [0.5, 0.6) is 0 Å². The second kappa shape index (κ2) is 5.79. The van der Waals surface area contributed by atoms with Gasteiger partial charge in [-0.05, 0) is 12.5 Å².